The van der Waals surface area contributed by atoms with Crippen molar-refractivity contribution in [2.24, 2.45) is 0 Å². The Hall–Kier alpha value is -2.41. The van der Waals surface area contributed by atoms with Gasteiger partial charge in [-0.25, -0.2) is 8.78 Å². The van der Waals surface area contributed by atoms with Crippen molar-refractivity contribution < 1.29 is 18.4 Å². The lowest BCUT2D eigenvalue weighted by atomic mass is 10.3. The molecule has 0 bridgehead atoms. The number of benzene rings is 2. The first-order chi connectivity index (χ1) is 11.3. The predicted octanol–water partition coefficient (Wildman–Crippen LogP) is 4.04. The number of halogens is 2. The van der Waals surface area contributed by atoms with Crippen molar-refractivity contribution in [3.63, 3.8) is 0 Å². The molecule has 0 saturated carbocycles. The molecule has 2 amide bonds. The number of rotatable bonds is 5. The van der Waals surface area contributed by atoms with Gasteiger partial charge in [0.25, 0.3) is 0 Å². The number of anilines is 2. The minimum absolute atomic E-state index is 0.0603. The molecule has 0 heterocycles. The molecule has 0 aliphatic rings. The van der Waals surface area contributed by atoms with Crippen LogP contribution in [0.25, 0.3) is 0 Å². The van der Waals surface area contributed by atoms with Crippen LogP contribution in [0.15, 0.2) is 47.4 Å². The van der Waals surface area contributed by atoms with Crippen molar-refractivity contribution in [3.8, 4) is 0 Å². The zero-order valence-corrected chi connectivity index (χ0v) is 13.9. The molecule has 1 atom stereocenters. The maximum atomic E-state index is 13.6. The van der Waals surface area contributed by atoms with Gasteiger partial charge in [-0.2, -0.15) is 0 Å². The predicted molar refractivity (Wildman–Crippen MR) is 91.1 cm³/mol. The highest BCUT2D eigenvalue weighted by atomic mass is 32.2. The van der Waals surface area contributed by atoms with Gasteiger partial charge in [-0.1, -0.05) is 0 Å². The highest BCUT2D eigenvalue weighted by Crippen LogP contribution is 2.26. The normalized spacial score (nSPS) is 11.7. The van der Waals surface area contributed by atoms with Crippen LogP contribution in [0, 0.1) is 11.6 Å². The summed E-state index contributed by atoms with van der Waals surface area (Å²) in [6, 6.07) is 9.99. The van der Waals surface area contributed by atoms with E-state index in [1.807, 2.05) is 0 Å². The van der Waals surface area contributed by atoms with Gasteiger partial charge in [0.2, 0.25) is 11.8 Å². The molecule has 2 rings (SSSR count). The van der Waals surface area contributed by atoms with Crippen LogP contribution >= 0.6 is 11.8 Å². The number of hydrogen-bond acceptors (Lipinski definition) is 3. The van der Waals surface area contributed by atoms with Gasteiger partial charge in [-0.05, 0) is 43.3 Å². The van der Waals surface area contributed by atoms with Gasteiger partial charge in [-0.15, -0.1) is 11.8 Å². The number of hydrogen-bond donors (Lipinski definition) is 2. The molecular weight excluding hydrogens is 334 g/mol. The molecule has 4 nitrogen and oxygen atoms in total. The topological polar surface area (TPSA) is 58.2 Å². The fourth-order valence-electron chi connectivity index (χ4n) is 1.90. The van der Waals surface area contributed by atoms with E-state index in [9.17, 15) is 18.4 Å². The molecule has 2 aromatic rings. The summed E-state index contributed by atoms with van der Waals surface area (Å²) in [6.07, 6.45) is 0. The smallest absolute Gasteiger partial charge is 0.237 e. The van der Waals surface area contributed by atoms with Crippen molar-refractivity contribution in [2.45, 2.75) is 24.0 Å². The van der Waals surface area contributed by atoms with E-state index in [2.05, 4.69) is 10.6 Å². The fraction of sp³-hybridized carbons (Fsp3) is 0.176. The van der Waals surface area contributed by atoms with Gasteiger partial charge >= 0.3 is 0 Å². The first-order valence-corrected chi connectivity index (χ1v) is 8.03. The van der Waals surface area contributed by atoms with Gasteiger partial charge in [0, 0.05) is 23.6 Å². The Bertz CT molecular complexity index is 751. The van der Waals surface area contributed by atoms with Crippen molar-refractivity contribution in [1.29, 1.82) is 0 Å². The second-order valence-electron chi connectivity index (χ2n) is 5.08. The molecule has 0 spiro atoms. The van der Waals surface area contributed by atoms with Crippen molar-refractivity contribution in [2.75, 3.05) is 10.6 Å². The summed E-state index contributed by atoms with van der Waals surface area (Å²) in [6.45, 7) is 3.10. The molecule has 126 valence electrons. The Balaban J connectivity index is 1.97. The van der Waals surface area contributed by atoms with Crippen LogP contribution in [-0.2, 0) is 9.59 Å². The van der Waals surface area contributed by atoms with Gasteiger partial charge in [-0.3, -0.25) is 9.59 Å². The molecule has 2 N–H and O–H groups in total. The van der Waals surface area contributed by atoms with E-state index in [1.165, 1.54) is 24.8 Å². The van der Waals surface area contributed by atoms with E-state index in [-0.39, 0.29) is 11.6 Å². The average Bonchev–Trinajstić information content (AvgIpc) is 2.51. The number of amides is 2. The van der Waals surface area contributed by atoms with Crippen LogP contribution in [-0.4, -0.2) is 17.1 Å². The van der Waals surface area contributed by atoms with Gasteiger partial charge in [0.05, 0.1) is 10.9 Å². The molecule has 0 saturated heterocycles. The number of carbonyl (C=O) groups excluding carboxylic acids is 2. The molecule has 1 unspecified atom stereocenters. The minimum Gasteiger partial charge on any atom is -0.326 e. The van der Waals surface area contributed by atoms with Crippen molar-refractivity contribution >= 4 is 35.0 Å². The van der Waals surface area contributed by atoms with Crippen LogP contribution in [0.2, 0.25) is 0 Å². The van der Waals surface area contributed by atoms with Crippen molar-refractivity contribution in [1.82, 2.24) is 0 Å². The Morgan fingerprint density at radius 2 is 1.71 bits per heavy atom. The van der Waals surface area contributed by atoms with Crippen LogP contribution in [0.5, 0.6) is 0 Å². The average molecular weight is 350 g/mol. The lowest BCUT2D eigenvalue weighted by Crippen LogP contribution is -2.23. The van der Waals surface area contributed by atoms with Gasteiger partial charge in [0.15, 0.2) is 0 Å². The Morgan fingerprint density at radius 3 is 2.29 bits per heavy atom. The summed E-state index contributed by atoms with van der Waals surface area (Å²) in [5.74, 6) is -2.08. The molecule has 0 aliphatic carbocycles. The number of carbonyl (C=O) groups is 2. The first kappa shape index (κ1) is 17.9. The SMILES string of the molecule is CC(=O)Nc1ccc(SC(C)C(=O)Nc2ccc(F)cc2F)cc1. The molecule has 0 fully saturated rings. The van der Waals surface area contributed by atoms with E-state index < -0.39 is 22.8 Å². The maximum absolute atomic E-state index is 13.6. The van der Waals surface area contributed by atoms with E-state index in [4.69, 9.17) is 0 Å². The summed E-state index contributed by atoms with van der Waals surface area (Å²) in [7, 11) is 0. The van der Waals surface area contributed by atoms with E-state index in [0.717, 1.165) is 11.0 Å². The Labute approximate surface area is 142 Å². The molecule has 24 heavy (non-hydrogen) atoms. The van der Waals surface area contributed by atoms with E-state index in [1.54, 1.807) is 31.2 Å². The van der Waals surface area contributed by atoms with Crippen LogP contribution < -0.4 is 10.6 Å². The second kappa shape index (κ2) is 7.92. The van der Waals surface area contributed by atoms with E-state index in [0.29, 0.717) is 11.8 Å². The molecule has 0 aromatic heterocycles. The third kappa shape index (κ3) is 5.06. The lowest BCUT2D eigenvalue weighted by Gasteiger charge is -2.13. The molecule has 0 aliphatic heterocycles. The third-order valence-electron chi connectivity index (χ3n) is 3.05. The Kier molecular flexibility index (Phi) is 5.92. The summed E-state index contributed by atoms with van der Waals surface area (Å²) in [4.78, 5) is 23.9. The summed E-state index contributed by atoms with van der Waals surface area (Å²) in [5.41, 5.74) is 0.604. The number of nitrogens with one attached hydrogen (secondary N) is 2. The van der Waals surface area contributed by atoms with Gasteiger partial charge < -0.3 is 10.6 Å². The maximum Gasteiger partial charge on any atom is 0.237 e. The number of thioether (sulfide) groups is 1. The van der Waals surface area contributed by atoms with Crippen LogP contribution in [0.1, 0.15) is 13.8 Å². The first-order valence-electron chi connectivity index (χ1n) is 7.15. The lowest BCUT2D eigenvalue weighted by molar-refractivity contribution is -0.115. The molecule has 7 heteroatoms. The van der Waals surface area contributed by atoms with E-state index >= 15 is 0 Å². The highest BCUT2D eigenvalue weighted by molar-refractivity contribution is 8.00. The molecular formula is C17H16F2N2O2S. The van der Waals surface area contributed by atoms with Crippen LogP contribution in [0.3, 0.4) is 0 Å². The summed E-state index contributed by atoms with van der Waals surface area (Å²) < 4.78 is 26.4. The standard InChI is InChI=1S/C17H16F2N2O2S/c1-10(17(23)21-16-8-3-12(18)9-15(16)19)24-14-6-4-13(5-7-14)20-11(2)22/h3-10H,1-2H3,(H,20,22)(H,21,23). The van der Waals surface area contributed by atoms with Crippen LogP contribution in [0.4, 0.5) is 20.2 Å². The largest absolute Gasteiger partial charge is 0.326 e. The second-order valence-corrected chi connectivity index (χ2v) is 6.49. The zero-order chi connectivity index (χ0) is 17.7. The summed E-state index contributed by atoms with van der Waals surface area (Å²) in [5, 5.41) is 4.60. The molecule has 0 radical (unpaired) electrons. The molecule has 2 aromatic carbocycles. The van der Waals surface area contributed by atoms with Gasteiger partial charge in [0.1, 0.15) is 11.6 Å². The minimum atomic E-state index is -0.819. The zero-order valence-electron chi connectivity index (χ0n) is 13.1. The summed E-state index contributed by atoms with van der Waals surface area (Å²) >= 11 is 1.29. The third-order valence-corrected chi connectivity index (χ3v) is 4.16. The quantitative estimate of drug-likeness (QED) is 0.800. The Morgan fingerprint density at radius 1 is 1.04 bits per heavy atom. The fourth-order valence-corrected chi connectivity index (χ4v) is 2.77. The van der Waals surface area contributed by atoms with Crippen molar-refractivity contribution in [3.05, 3.63) is 54.1 Å². The monoisotopic (exact) mass is 350 g/mol. The highest BCUT2D eigenvalue weighted by Gasteiger charge is 2.16.